The van der Waals surface area contributed by atoms with Gasteiger partial charge in [-0.3, -0.25) is 9.69 Å². The van der Waals surface area contributed by atoms with E-state index in [2.05, 4.69) is 15.0 Å². The van der Waals surface area contributed by atoms with E-state index in [9.17, 15) is 9.18 Å². The monoisotopic (exact) mass is 395 g/mol. The van der Waals surface area contributed by atoms with Gasteiger partial charge in [-0.1, -0.05) is 18.2 Å². The van der Waals surface area contributed by atoms with Gasteiger partial charge in [-0.05, 0) is 45.4 Å². The highest BCUT2D eigenvalue weighted by Gasteiger charge is 2.28. The quantitative estimate of drug-likeness (QED) is 0.681. The van der Waals surface area contributed by atoms with Crippen LogP contribution in [0.5, 0.6) is 0 Å². The number of aromatic nitrogens is 3. The molecule has 1 fully saturated rings. The number of hydrogen-bond donors (Lipinski definition) is 0. The van der Waals surface area contributed by atoms with Crippen molar-refractivity contribution in [2.75, 3.05) is 20.1 Å². The lowest BCUT2D eigenvalue weighted by Gasteiger charge is -2.37. The predicted molar refractivity (Wildman–Crippen MR) is 109 cm³/mol. The average Bonchev–Trinajstić information content (AvgIpc) is 3.13. The minimum Gasteiger partial charge on any atom is -0.336 e. The van der Waals surface area contributed by atoms with Crippen LogP contribution in [0.1, 0.15) is 40.3 Å². The minimum absolute atomic E-state index is 0.0728. The number of fused-ring (bicyclic) bond motifs is 1. The van der Waals surface area contributed by atoms with Crippen LogP contribution in [0.15, 0.2) is 36.4 Å². The highest BCUT2D eigenvalue weighted by atomic mass is 19.1. The fourth-order valence-electron chi connectivity index (χ4n) is 4.10. The predicted octanol–water partition coefficient (Wildman–Crippen LogP) is 3.22. The summed E-state index contributed by atoms with van der Waals surface area (Å²) < 4.78 is 15.7. The molecule has 29 heavy (non-hydrogen) atoms. The minimum atomic E-state index is -0.179. The molecule has 4 rings (SSSR count). The van der Waals surface area contributed by atoms with Crippen molar-refractivity contribution in [1.82, 2.24) is 24.4 Å². The first kappa shape index (κ1) is 19.5. The van der Waals surface area contributed by atoms with Crippen molar-refractivity contribution in [3.05, 3.63) is 64.9 Å². The van der Waals surface area contributed by atoms with Gasteiger partial charge >= 0.3 is 0 Å². The van der Waals surface area contributed by atoms with Crippen LogP contribution in [0.4, 0.5) is 4.39 Å². The third-order valence-electron chi connectivity index (χ3n) is 5.65. The maximum Gasteiger partial charge on any atom is 0.274 e. The summed E-state index contributed by atoms with van der Waals surface area (Å²) in [5, 5.41) is 4.47. The number of piperidine rings is 1. The molecule has 3 heterocycles. The van der Waals surface area contributed by atoms with E-state index >= 15 is 0 Å². The molecule has 6 nitrogen and oxygen atoms in total. The first-order chi connectivity index (χ1) is 13.9. The van der Waals surface area contributed by atoms with E-state index in [0.717, 1.165) is 37.3 Å². The SMILES string of the molecule is Cc1cc(C)n2nc(C(=O)N(C)C3CCCN(Cc4ccccc4F)C3)cc2n1. The van der Waals surface area contributed by atoms with E-state index in [-0.39, 0.29) is 17.8 Å². The van der Waals surface area contributed by atoms with E-state index in [1.165, 1.54) is 6.07 Å². The number of benzene rings is 1. The molecule has 152 valence electrons. The number of likely N-dealkylation sites (tertiary alicyclic amines) is 1. The molecule has 0 saturated carbocycles. The lowest BCUT2D eigenvalue weighted by Crippen LogP contribution is -2.48. The molecule has 1 atom stereocenters. The van der Waals surface area contributed by atoms with Gasteiger partial charge in [0, 0.05) is 49.2 Å². The van der Waals surface area contributed by atoms with Gasteiger partial charge in [0.05, 0.1) is 0 Å². The Labute approximate surface area is 170 Å². The fourth-order valence-corrected chi connectivity index (χ4v) is 4.10. The summed E-state index contributed by atoms with van der Waals surface area (Å²) in [6, 6.07) is 10.6. The molecule has 0 spiro atoms. The molecule has 1 saturated heterocycles. The number of aryl methyl sites for hydroxylation is 2. The van der Waals surface area contributed by atoms with Crippen molar-refractivity contribution in [3.8, 4) is 0 Å². The average molecular weight is 395 g/mol. The van der Waals surface area contributed by atoms with Crippen LogP contribution in [0.2, 0.25) is 0 Å². The van der Waals surface area contributed by atoms with E-state index in [4.69, 9.17) is 0 Å². The van der Waals surface area contributed by atoms with Gasteiger partial charge in [-0.25, -0.2) is 13.9 Å². The maximum atomic E-state index is 14.0. The van der Waals surface area contributed by atoms with E-state index < -0.39 is 0 Å². The number of likely N-dealkylation sites (N-methyl/N-ethyl adjacent to an activating group) is 1. The van der Waals surface area contributed by atoms with Gasteiger partial charge in [0.2, 0.25) is 0 Å². The summed E-state index contributed by atoms with van der Waals surface area (Å²) in [5.74, 6) is -0.285. The Morgan fingerprint density at radius 1 is 1.28 bits per heavy atom. The highest BCUT2D eigenvalue weighted by molar-refractivity contribution is 5.93. The number of nitrogens with zero attached hydrogens (tertiary/aromatic N) is 5. The van der Waals surface area contributed by atoms with Crippen LogP contribution >= 0.6 is 0 Å². The van der Waals surface area contributed by atoms with Crippen LogP contribution in [0.3, 0.4) is 0 Å². The van der Waals surface area contributed by atoms with E-state index in [1.807, 2.05) is 39.1 Å². The smallest absolute Gasteiger partial charge is 0.274 e. The number of amides is 1. The Morgan fingerprint density at radius 2 is 2.07 bits per heavy atom. The van der Waals surface area contributed by atoms with Gasteiger partial charge in [-0.2, -0.15) is 5.10 Å². The Bertz CT molecular complexity index is 1050. The molecule has 2 aromatic heterocycles. The second-order valence-electron chi connectivity index (χ2n) is 7.88. The lowest BCUT2D eigenvalue weighted by atomic mass is 10.0. The molecule has 0 radical (unpaired) electrons. The summed E-state index contributed by atoms with van der Waals surface area (Å²) in [4.78, 5) is 21.5. The first-order valence-electron chi connectivity index (χ1n) is 9.99. The third kappa shape index (κ3) is 4.00. The molecular weight excluding hydrogens is 369 g/mol. The molecule has 0 bridgehead atoms. The number of carbonyl (C=O) groups is 1. The van der Waals surface area contributed by atoms with E-state index in [0.29, 0.717) is 23.4 Å². The molecule has 1 aliphatic rings. The van der Waals surface area contributed by atoms with Crippen molar-refractivity contribution in [2.45, 2.75) is 39.3 Å². The second kappa shape index (κ2) is 7.91. The number of halogens is 1. The van der Waals surface area contributed by atoms with Crippen molar-refractivity contribution in [2.24, 2.45) is 0 Å². The summed E-state index contributed by atoms with van der Waals surface area (Å²) in [5.41, 5.74) is 3.63. The number of rotatable bonds is 4. The van der Waals surface area contributed by atoms with E-state index in [1.54, 1.807) is 21.5 Å². The molecule has 7 heteroatoms. The number of carbonyl (C=O) groups excluding carboxylic acids is 1. The maximum absolute atomic E-state index is 14.0. The zero-order valence-electron chi connectivity index (χ0n) is 17.1. The molecular formula is C22H26FN5O. The molecule has 0 N–H and O–H groups in total. The van der Waals surface area contributed by atoms with Crippen LogP contribution in [0, 0.1) is 19.7 Å². The Balaban J connectivity index is 1.48. The summed E-state index contributed by atoms with van der Waals surface area (Å²) in [6.45, 7) is 6.07. The third-order valence-corrected chi connectivity index (χ3v) is 5.65. The van der Waals surface area contributed by atoms with Crippen LogP contribution in [-0.4, -0.2) is 56.5 Å². The molecule has 1 aliphatic heterocycles. The van der Waals surface area contributed by atoms with Crippen molar-refractivity contribution in [3.63, 3.8) is 0 Å². The standard InChI is InChI=1S/C22H26FN5O/c1-15-11-16(2)28-21(24-15)12-20(25-28)22(29)26(3)18-8-6-10-27(14-18)13-17-7-4-5-9-19(17)23/h4-5,7,9,11-12,18H,6,8,10,13-14H2,1-3H3. The van der Waals surface area contributed by atoms with Crippen LogP contribution < -0.4 is 0 Å². The van der Waals surface area contributed by atoms with Gasteiger partial charge in [0.1, 0.15) is 5.82 Å². The Morgan fingerprint density at radius 3 is 2.86 bits per heavy atom. The summed E-state index contributed by atoms with van der Waals surface area (Å²) in [7, 11) is 1.83. The zero-order chi connectivity index (χ0) is 20.5. The zero-order valence-corrected chi connectivity index (χ0v) is 17.1. The molecule has 1 amide bonds. The van der Waals surface area contributed by atoms with Crippen molar-refractivity contribution >= 4 is 11.6 Å². The summed E-state index contributed by atoms with van der Waals surface area (Å²) >= 11 is 0. The van der Waals surface area contributed by atoms with Gasteiger partial charge in [0.25, 0.3) is 5.91 Å². The summed E-state index contributed by atoms with van der Waals surface area (Å²) in [6.07, 6.45) is 1.90. The fraction of sp³-hybridized carbons (Fsp3) is 0.409. The van der Waals surface area contributed by atoms with Crippen LogP contribution in [-0.2, 0) is 6.54 Å². The topological polar surface area (TPSA) is 53.7 Å². The molecule has 3 aromatic rings. The highest BCUT2D eigenvalue weighted by Crippen LogP contribution is 2.20. The second-order valence-corrected chi connectivity index (χ2v) is 7.88. The Hall–Kier alpha value is -2.80. The normalized spacial score (nSPS) is 17.6. The van der Waals surface area contributed by atoms with Crippen molar-refractivity contribution in [1.29, 1.82) is 0 Å². The molecule has 0 aliphatic carbocycles. The number of hydrogen-bond acceptors (Lipinski definition) is 4. The van der Waals surface area contributed by atoms with Crippen molar-refractivity contribution < 1.29 is 9.18 Å². The largest absolute Gasteiger partial charge is 0.336 e. The molecule has 1 unspecified atom stereocenters. The van der Waals surface area contributed by atoms with Gasteiger partial charge in [-0.15, -0.1) is 0 Å². The first-order valence-corrected chi connectivity index (χ1v) is 9.99. The lowest BCUT2D eigenvalue weighted by molar-refractivity contribution is 0.0602. The Kier molecular flexibility index (Phi) is 5.32. The van der Waals surface area contributed by atoms with Gasteiger partial charge in [0.15, 0.2) is 11.3 Å². The van der Waals surface area contributed by atoms with Gasteiger partial charge < -0.3 is 4.90 Å². The van der Waals surface area contributed by atoms with Crippen LogP contribution in [0.25, 0.3) is 5.65 Å². The molecule has 1 aromatic carbocycles.